The van der Waals surface area contributed by atoms with Crippen LogP contribution in [0.3, 0.4) is 0 Å². The number of ketones is 2. The summed E-state index contributed by atoms with van der Waals surface area (Å²) in [5, 5.41) is 28.4. The third-order valence-electron chi connectivity index (χ3n) is 11.5. The number of hydrogen-bond acceptors (Lipinski definition) is 19. The number of carboxylic acid groups (broad SMARTS) is 2. The molecule has 0 aliphatic carbocycles. The number of ether oxygens (including phenoxy) is 4. The molecule has 0 bridgehead atoms. The first-order chi connectivity index (χ1) is 43.1. The van der Waals surface area contributed by atoms with Crippen LogP contribution >= 0.6 is 58.0 Å². The Kier molecular flexibility index (Phi) is 36.8. The molecular formula is C63H60Cl5N6NaO18S. The van der Waals surface area contributed by atoms with E-state index in [9.17, 15) is 28.8 Å². The molecule has 0 atom stereocenters. The number of nitrogens with one attached hydrogen (secondary N) is 1. The van der Waals surface area contributed by atoms with Gasteiger partial charge in [0.1, 0.15) is 54.5 Å². The monoisotopic (exact) mass is 1420 g/mol. The van der Waals surface area contributed by atoms with Gasteiger partial charge in [-0.25, -0.2) is 34.3 Å². The zero-order chi connectivity index (χ0) is 67.5. The summed E-state index contributed by atoms with van der Waals surface area (Å²) in [5.74, 6) is 0.933. The molecule has 0 aliphatic rings. The number of fused-ring (bicyclic) bond motifs is 2. The summed E-state index contributed by atoms with van der Waals surface area (Å²) in [6.07, 6.45) is -0.130. The van der Waals surface area contributed by atoms with E-state index in [0.717, 1.165) is 28.4 Å². The SMILES string of the molecule is C.CC[O-].COc1ccc(-c2cc3nc(Cl)ccc3c(=O)[nH]2)cc1.COc1ccc(-c2cc3nc(Cl)ccc3c(=O)o2)cc1.COc1ccc(C(=O)Cc2nc(Cl)ccc2C(=O)O)cc1.COc1ccc(C(C)=O)cc1.N.O=C(O)c1ccc(Cl)nc1Cl.O=S(=O)(O)O.[Na+]. The molecule has 6 aromatic heterocycles. The van der Waals surface area contributed by atoms with E-state index in [0.29, 0.717) is 60.4 Å². The second-order valence-corrected chi connectivity index (χ2v) is 20.4. The Bertz CT molecular complexity index is 4220. The van der Waals surface area contributed by atoms with Crippen molar-refractivity contribution < 1.29 is 105 Å². The van der Waals surface area contributed by atoms with Crippen LogP contribution in [0.15, 0.2) is 172 Å². The molecular weight excluding hydrogens is 1360 g/mol. The summed E-state index contributed by atoms with van der Waals surface area (Å²) in [7, 11) is 1.67. The molecule has 492 valence electrons. The molecule has 0 aliphatic heterocycles. The molecule has 4 aromatic carbocycles. The summed E-state index contributed by atoms with van der Waals surface area (Å²) in [6.45, 7) is 3.11. The molecule has 6 heterocycles. The van der Waals surface area contributed by atoms with Gasteiger partial charge in [-0.15, -0.1) is 6.61 Å². The topological polar surface area (TPSA) is 393 Å². The molecule has 0 amide bonds. The maximum Gasteiger partial charge on any atom is 1.00 e. The molecule has 0 spiro atoms. The van der Waals surface area contributed by atoms with Crippen LogP contribution in [0.4, 0.5) is 0 Å². The van der Waals surface area contributed by atoms with Crippen LogP contribution in [0.2, 0.25) is 25.8 Å². The Balaban J connectivity index is 0.000000577. The van der Waals surface area contributed by atoms with Crippen molar-refractivity contribution in [1.82, 2.24) is 31.1 Å². The minimum atomic E-state index is -4.67. The maximum absolute atomic E-state index is 12.2. The number of halogens is 5. The number of H-pyrrole nitrogens is 1. The Morgan fingerprint density at radius 3 is 1.35 bits per heavy atom. The van der Waals surface area contributed by atoms with Crippen molar-refractivity contribution in [3.8, 4) is 45.6 Å². The van der Waals surface area contributed by atoms with E-state index < -0.39 is 28.0 Å². The first-order valence-electron chi connectivity index (χ1n) is 25.7. The number of carbonyl (C=O) groups is 4. The maximum atomic E-state index is 12.2. The number of carbonyl (C=O) groups excluding carboxylic acids is 2. The zero-order valence-corrected chi connectivity index (χ0v) is 56.8. The second-order valence-electron chi connectivity index (χ2n) is 17.6. The first kappa shape index (κ1) is 83.6. The van der Waals surface area contributed by atoms with Gasteiger partial charge < -0.3 is 49.8 Å². The van der Waals surface area contributed by atoms with Crippen LogP contribution in [-0.2, 0) is 16.8 Å². The minimum Gasteiger partial charge on any atom is -0.855 e. The van der Waals surface area contributed by atoms with Crippen molar-refractivity contribution in [1.29, 1.82) is 0 Å². The van der Waals surface area contributed by atoms with E-state index in [1.54, 1.807) is 126 Å². The number of aromatic nitrogens is 5. The smallest absolute Gasteiger partial charge is 0.855 e. The van der Waals surface area contributed by atoms with Crippen molar-refractivity contribution in [3.63, 3.8) is 0 Å². The van der Waals surface area contributed by atoms with E-state index in [1.807, 2.05) is 42.5 Å². The predicted octanol–water partition coefficient (Wildman–Crippen LogP) is 10.1. The van der Waals surface area contributed by atoms with Gasteiger partial charge in [-0.05, 0) is 164 Å². The van der Waals surface area contributed by atoms with Crippen molar-refractivity contribution >= 4 is 114 Å². The zero-order valence-electron chi connectivity index (χ0n) is 50.2. The molecule has 94 heavy (non-hydrogen) atoms. The molecule has 0 saturated heterocycles. The van der Waals surface area contributed by atoms with E-state index in [1.165, 1.54) is 31.4 Å². The molecule has 10 rings (SSSR count). The predicted molar refractivity (Wildman–Crippen MR) is 355 cm³/mol. The number of carboxylic acids is 2. The number of rotatable bonds is 12. The fraction of sp³-hybridized carbons (Fsp3) is 0.143. The van der Waals surface area contributed by atoms with Gasteiger partial charge >= 0.3 is 57.5 Å². The summed E-state index contributed by atoms with van der Waals surface area (Å²) in [5.41, 5.74) is 4.06. The number of nitrogens with zero attached hydrogens (tertiary/aromatic N) is 4. The van der Waals surface area contributed by atoms with Gasteiger partial charge in [0.2, 0.25) is 0 Å². The van der Waals surface area contributed by atoms with Crippen molar-refractivity contribution in [3.05, 3.63) is 232 Å². The van der Waals surface area contributed by atoms with Gasteiger partial charge in [0.05, 0.1) is 79.2 Å². The molecule has 31 heteroatoms. The van der Waals surface area contributed by atoms with Gasteiger partial charge in [0, 0.05) is 22.8 Å². The van der Waals surface area contributed by atoms with Gasteiger partial charge in [-0.1, -0.05) is 72.4 Å². The van der Waals surface area contributed by atoms with Crippen LogP contribution in [0.1, 0.15) is 68.4 Å². The standard InChI is InChI=1S/C15H11ClN2O2.C15H12ClNO4.C15H10ClNO3.C9H10O2.C6H3Cl2NO2.C2H5O.CH4.H3N.Na.H2O4S/c1-20-10-4-2-9(3-5-10)12-8-13-11(15(19)18-12)6-7-14(16)17-13;1-21-10-4-2-9(3-5-10)13(18)8-12-11(15(19)20)6-7-14(16)17-12;1-19-10-4-2-9(3-5-10)13-8-12-11(15(18)20-13)6-7-14(16)17-12;1-7(10)8-3-5-9(11-2)6-4-8;7-4-2-1-3(6(10)11)5(8)9-4;1-2-3;;;;1-5(2,3)4/h2-8H,1H3,(H,18,19);2-7H,8H2,1H3,(H,19,20);2-8H,1H3;3-6H,1-2H3;1-2H,(H,10,11);2H2,1H3;1H4;1H3;;(H2,1,2,3,4)/q;;;;;-1;;;+1;. The Labute approximate surface area is 585 Å². The first-order valence-corrected chi connectivity index (χ1v) is 29.0. The van der Waals surface area contributed by atoms with Crippen LogP contribution < -0.4 is 70.9 Å². The number of pyridine rings is 5. The number of aromatic carboxylic acids is 2. The van der Waals surface area contributed by atoms with Gasteiger partial charge in [0.15, 0.2) is 11.6 Å². The van der Waals surface area contributed by atoms with Gasteiger partial charge in [-0.3, -0.25) is 23.5 Å². The fourth-order valence-electron chi connectivity index (χ4n) is 7.21. The van der Waals surface area contributed by atoms with Crippen LogP contribution in [0, 0.1) is 0 Å². The Hall–Kier alpha value is -8.38. The Morgan fingerprint density at radius 1 is 0.553 bits per heavy atom. The summed E-state index contributed by atoms with van der Waals surface area (Å²) >= 11 is 28.4. The van der Waals surface area contributed by atoms with Crippen LogP contribution in [-0.4, -0.2) is 111 Å². The van der Waals surface area contributed by atoms with E-state index in [4.69, 9.17) is 114 Å². The average Bonchev–Trinajstić information content (AvgIpc) is 0.813. The van der Waals surface area contributed by atoms with Crippen molar-refractivity contribution in [2.45, 2.75) is 27.7 Å². The molecule has 24 nitrogen and oxygen atoms in total. The largest absolute Gasteiger partial charge is 1.00 e. The summed E-state index contributed by atoms with van der Waals surface area (Å²) < 4.78 is 57.1. The number of Topliss-reactive ketones (excluding diaryl/α,β-unsaturated/α-hetero) is 2. The quantitative estimate of drug-likeness (QED) is 0.0286. The molecule has 10 aromatic rings. The minimum absolute atomic E-state index is 0. The fourth-order valence-corrected chi connectivity index (χ4v) is 8.11. The van der Waals surface area contributed by atoms with Gasteiger partial charge in [0.25, 0.3) is 5.56 Å². The molecule has 8 N–H and O–H groups in total. The van der Waals surface area contributed by atoms with E-state index >= 15 is 0 Å². The average molecular weight is 1420 g/mol. The summed E-state index contributed by atoms with van der Waals surface area (Å²) in [6, 6.07) is 43.6. The molecule has 0 unspecified atom stereocenters. The van der Waals surface area contributed by atoms with Crippen LogP contribution in [0.5, 0.6) is 23.0 Å². The normalized spacial score (nSPS) is 9.85. The van der Waals surface area contributed by atoms with Gasteiger partial charge in [-0.2, -0.15) is 8.42 Å². The van der Waals surface area contributed by atoms with E-state index in [2.05, 4.69) is 24.9 Å². The van der Waals surface area contributed by atoms with E-state index in [-0.39, 0.29) is 106 Å². The molecule has 0 saturated carbocycles. The molecule has 0 fully saturated rings. The van der Waals surface area contributed by atoms with Crippen molar-refractivity contribution in [2.75, 3.05) is 35.0 Å². The van der Waals surface area contributed by atoms with Crippen molar-refractivity contribution in [2.24, 2.45) is 0 Å². The third-order valence-corrected chi connectivity index (χ3v) is 12.6. The number of hydrogen-bond donors (Lipinski definition) is 6. The summed E-state index contributed by atoms with van der Waals surface area (Å²) in [4.78, 5) is 87.1. The number of methoxy groups -OCH3 is 4. The molecule has 0 radical (unpaired) electrons. The Morgan fingerprint density at radius 2 is 0.926 bits per heavy atom. The number of benzene rings is 4. The second kappa shape index (κ2) is 41.4. The van der Waals surface area contributed by atoms with Crippen LogP contribution in [0.25, 0.3) is 44.4 Å². The number of aromatic amines is 1. The third kappa shape index (κ3) is 27.7.